The molecule has 1 atom stereocenters. The van der Waals surface area contributed by atoms with E-state index in [4.69, 9.17) is 4.89 Å². The van der Waals surface area contributed by atoms with Crippen molar-refractivity contribution < 1.29 is 14.4 Å². The van der Waals surface area contributed by atoms with Crippen LogP contribution in [0, 0.1) is 10.1 Å². The van der Waals surface area contributed by atoms with Crippen LogP contribution >= 0.6 is 8.03 Å². The lowest BCUT2D eigenvalue weighted by atomic mass is 10.2. The summed E-state index contributed by atoms with van der Waals surface area (Å²) in [7, 11) is -2.70. The first kappa shape index (κ1) is 9.89. The SMILES string of the molecule is O=[N+]([O-])c1ccccc1C[PH](=O)O. The molecule has 6 heteroatoms. The second-order valence-corrected chi connectivity index (χ2v) is 3.60. The molecule has 70 valence electrons. The molecule has 0 saturated carbocycles. The molecule has 0 bridgehead atoms. The second kappa shape index (κ2) is 4.16. The summed E-state index contributed by atoms with van der Waals surface area (Å²) in [5.74, 6) is 0. The van der Waals surface area contributed by atoms with Crippen molar-refractivity contribution >= 4 is 13.7 Å². The quantitative estimate of drug-likeness (QED) is 0.457. The summed E-state index contributed by atoms with van der Waals surface area (Å²) in [4.78, 5) is 18.5. The van der Waals surface area contributed by atoms with Gasteiger partial charge in [-0.1, -0.05) is 18.2 Å². The van der Waals surface area contributed by atoms with Gasteiger partial charge in [-0.2, -0.15) is 0 Å². The summed E-state index contributed by atoms with van der Waals surface area (Å²) in [6, 6.07) is 5.93. The highest BCUT2D eigenvalue weighted by Crippen LogP contribution is 2.27. The van der Waals surface area contributed by atoms with Gasteiger partial charge >= 0.3 is 0 Å². The Balaban J connectivity index is 3.04. The molecule has 1 unspecified atom stereocenters. The van der Waals surface area contributed by atoms with Gasteiger partial charge in [-0.15, -0.1) is 0 Å². The Kier molecular flexibility index (Phi) is 3.17. The lowest BCUT2D eigenvalue weighted by Crippen LogP contribution is -1.93. The molecule has 0 fully saturated rings. The van der Waals surface area contributed by atoms with E-state index in [0.29, 0.717) is 5.56 Å². The van der Waals surface area contributed by atoms with Crippen molar-refractivity contribution in [3.8, 4) is 0 Å². The van der Waals surface area contributed by atoms with Crippen molar-refractivity contribution in [1.29, 1.82) is 0 Å². The largest absolute Gasteiger partial charge is 0.346 e. The molecular weight excluding hydrogens is 193 g/mol. The third-order valence-electron chi connectivity index (χ3n) is 1.53. The number of hydrogen-bond donors (Lipinski definition) is 1. The van der Waals surface area contributed by atoms with Crippen LogP contribution in [0.15, 0.2) is 24.3 Å². The van der Waals surface area contributed by atoms with Gasteiger partial charge in [0, 0.05) is 11.6 Å². The molecule has 0 aliphatic heterocycles. The van der Waals surface area contributed by atoms with Gasteiger partial charge in [-0.3, -0.25) is 14.7 Å². The fraction of sp³-hybridized carbons (Fsp3) is 0.143. The van der Waals surface area contributed by atoms with E-state index in [1.807, 2.05) is 0 Å². The predicted octanol–water partition coefficient (Wildman–Crippen LogP) is 1.56. The average molecular weight is 201 g/mol. The van der Waals surface area contributed by atoms with Gasteiger partial charge in [0.05, 0.1) is 11.1 Å². The van der Waals surface area contributed by atoms with E-state index in [0.717, 1.165) is 0 Å². The predicted molar refractivity (Wildman–Crippen MR) is 48.0 cm³/mol. The van der Waals surface area contributed by atoms with Crippen molar-refractivity contribution in [2.45, 2.75) is 6.16 Å². The normalized spacial score (nSPS) is 12.4. The molecule has 0 radical (unpaired) electrons. The lowest BCUT2D eigenvalue weighted by Gasteiger charge is -1.98. The summed E-state index contributed by atoms with van der Waals surface area (Å²) in [5, 5.41) is 10.4. The Morgan fingerprint density at radius 1 is 1.46 bits per heavy atom. The third-order valence-corrected chi connectivity index (χ3v) is 2.21. The molecule has 5 nitrogen and oxygen atoms in total. The van der Waals surface area contributed by atoms with Gasteiger partial charge in [0.25, 0.3) is 5.69 Å². The molecule has 0 spiro atoms. The van der Waals surface area contributed by atoms with Crippen LogP contribution in [-0.4, -0.2) is 9.82 Å². The maximum absolute atomic E-state index is 10.5. The first-order chi connectivity index (χ1) is 6.11. The molecule has 13 heavy (non-hydrogen) atoms. The van der Waals surface area contributed by atoms with E-state index in [1.54, 1.807) is 6.07 Å². The van der Waals surface area contributed by atoms with Gasteiger partial charge < -0.3 is 4.89 Å². The van der Waals surface area contributed by atoms with Crippen LogP contribution in [-0.2, 0) is 10.7 Å². The Labute approximate surface area is 75.0 Å². The zero-order chi connectivity index (χ0) is 9.84. The van der Waals surface area contributed by atoms with Crippen LogP contribution < -0.4 is 0 Å². The number of benzene rings is 1. The van der Waals surface area contributed by atoms with Crippen LogP contribution in [0.1, 0.15) is 5.56 Å². The van der Waals surface area contributed by atoms with E-state index >= 15 is 0 Å². The molecule has 1 aromatic rings. The monoisotopic (exact) mass is 201 g/mol. The average Bonchev–Trinajstić information content (AvgIpc) is 2.03. The summed E-state index contributed by atoms with van der Waals surface area (Å²) in [5.41, 5.74) is 0.203. The Bertz CT molecular complexity index is 352. The zero-order valence-corrected chi connectivity index (χ0v) is 7.64. The van der Waals surface area contributed by atoms with Crippen molar-refractivity contribution in [1.82, 2.24) is 0 Å². The number of nitro groups is 1. The van der Waals surface area contributed by atoms with Gasteiger partial charge in [-0.05, 0) is 0 Å². The van der Waals surface area contributed by atoms with Crippen LogP contribution in [0.4, 0.5) is 5.69 Å². The summed E-state index contributed by atoms with van der Waals surface area (Å²) in [6.07, 6.45) is -0.137. The third kappa shape index (κ3) is 2.65. The minimum atomic E-state index is -2.70. The van der Waals surface area contributed by atoms with E-state index in [-0.39, 0.29) is 11.8 Å². The fourth-order valence-electron chi connectivity index (χ4n) is 1.00. The number of hydrogen-bond acceptors (Lipinski definition) is 3. The van der Waals surface area contributed by atoms with E-state index in [2.05, 4.69) is 0 Å². The number of rotatable bonds is 3. The van der Waals surface area contributed by atoms with E-state index < -0.39 is 13.0 Å². The Hall–Kier alpha value is -1.19. The van der Waals surface area contributed by atoms with E-state index in [9.17, 15) is 14.7 Å². The molecule has 1 aromatic carbocycles. The maximum atomic E-state index is 10.5. The lowest BCUT2D eigenvalue weighted by molar-refractivity contribution is -0.385. The number of nitrogens with zero attached hydrogens (tertiary/aromatic N) is 1. The minimum absolute atomic E-state index is 0.102. The fourth-order valence-corrected chi connectivity index (χ4v) is 1.63. The smallest absolute Gasteiger partial charge is 0.273 e. The Morgan fingerprint density at radius 2 is 2.08 bits per heavy atom. The molecule has 0 amide bonds. The van der Waals surface area contributed by atoms with Crippen LogP contribution in [0.5, 0.6) is 0 Å². The van der Waals surface area contributed by atoms with E-state index in [1.165, 1.54) is 18.2 Å². The van der Waals surface area contributed by atoms with Gasteiger partial charge in [-0.25, -0.2) is 0 Å². The molecular formula is C7H8NO4P. The van der Waals surface area contributed by atoms with Crippen molar-refractivity contribution in [3.63, 3.8) is 0 Å². The Morgan fingerprint density at radius 3 is 2.62 bits per heavy atom. The molecule has 0 heterocycles. The molecule has 1 N–H and O–H groups in total. The number of nitro benzene ring substituents is 1. The summed E-state index contributed by atoms with van der Waals surface area (Å²) >= 11 is 0. The van der Waals surface area contributed by atoms with Crippen molar-refractivity contribution in [2.75, 3.05) is 0 Å². The molecule has 1 rings (SSSR count). The number of para-hydroxylation sites is 1. The van der Waals surface area contributed by atoms with Gasteiger partial charge in [0.15, 0.2) is 8.03 Å². The zero-order valence-electron chi connectivity index (χ0n) is 6.64. The van der Waals surface area contributed by atoms with Crippen LogP contribution in [0.2, 0.25) is 0 Å². The molecule has 0 aliphatic rings. The highest BCUT2D eigenvalue weighted by atomic mass is 31.1. The first-order valence-electron chi connectivity index (χ1n) is 3.55. The second-order valence-electron chi connectivity index (χ2n) is 2.46. The standard InChI is InChI=1S/C7H8NO4P/c9-8(10)7-4-2-1-3-6(7)5-13(11)12/h1-4,13H,5H2,(H,11,12). The summed E-state index contributed by atoms with van der Waals surface area (Å²) < 4.78 is 10.5. The highest BCUT2D eigenvalue weighted by Gasteiger charge is 2.12. The minimum Gasteiger partial charge on any atom is -0.346 e. The van der Waals surface area contributed by atoms with Crippen LogP contribution in [0.25, 0.3) is 0 Å². The molecule has 0 aliphatic carbocycles. The molecule has 0 aromatic heterocycles. The molecule has 0 saturated heterocycles. The first-order valence-corrected chi connectivity index (χ1v) is 5.11. The highest BCUT2D eigenvalue weighted by molar-refractivity contribution is 7.37. The van der Waals surface area contributed by atoms with Crippen molar-refractivity contribution in [2.24, 2.45) is 0 Å². The van der Waals surface area contributed by atoms with Crippen molar-refractivity contribution in [3.05, 3.63) is 39.9 Å². The van der Waals surface area contributed by atoms with Gasteiger partial charge in [0.1, 0.15) is 0 Å². The van der Waals surface area contributed by atoms with Gasteiger partial charge in [0.2, 0.25) is 0 Å². The maximum Gasteiger partial charge on any atom is 0.273 e. The topological polar surface area (TPSA) is 80.4 Å². The van der Waals surface area contributed by atoms with Crippen LogP contribution in [0.3, 0.4) is 0 Å². The summed E-state index contributed by atoms with van der Waals surface area (Å²) in [6.45, 7) is 0.